The van der Waals surface area contributed by atoms with E-state index in [0.29, 0.717) is 10.9 Å². The number of carbonyl (C=O) groups excluding carboxylic acids is 1. The van der Waals surface area contributed by atoms with Crippen LogP contribution in [0, 0.1) is 6.92 Å². The third kappa shape index (κ3) is 3.83. The predicted octanol–water partition coefficient (Wildman–Crippen LogP) is 4.70. The van der Waals surface area contributed by atoms with Crippen molar-refractivity contribution in [3.63, 3.8) is 0 Å². The maximum absolute atomic E-state index is 13.3. The molecular formula is C18H16BrF3N4O. The Labute approximate surface area is 161 Å². The lowest BCUT2D eigenvalue weighted by Gasteiger charge is -2.16. The van der Waals surface area contributed by atoms with Crippen LogP contribution in [0.1, 0.15) is 46.8 Å². The second-order valence-corrected chi connectivity index (χ2v) is 6.82. The number of fused-ring (bicyclic) bond motifs is 1. The van der Waals surface area contributed by atoms with Crippen LogP contribution in [0.4, 0.5) is 13.2 Å². The van der Waals surface area contributed by atoms with E-state index in [1.54, 1.807) is 0 Å². The van der Waals surface area contributed by atoms with Crippen molar-refractivity contribution in [2.75, 3.05) is 0 Å². The number of nitrogens with one attached hydrogen (secondary N) is 1. The lowest BCUT2D eigenvalue weighted by Crippen LogP contribution is -2.28. The fourth-order valence-corrected chi connectivity index (χ4v) is 3.31. The molecule has 0 radical (unpaired) electrons. The van der Waals surface area contributed by atoms with E-state index >= 15 is 0 Å². The van der Waals surface area contributed by atoms with Crippen LogP contribution >= 0.6 is 15.9 Å². The van der Waals surface area contributed by atoms with Gasteiger partial charge in [-0.2, -0.15) is 18.3 Å². The number of aromatic nitrogens is 3. The Balaban J connectivity index is 2.01. The third-order valence-corrected chi connectivity index (χ3v) is 4.81. The van der Waals surface area contributed by atoms with E-state index in [9.17, 15) is 18.0 Å². The first-order valence-corrected chi connectivity index (χ1v) is 9.00. The molecule has 2 aromatic heterocycles. The van der Waals surface area contributed by atoms with Crippen LogP contribution in [0.2, 0.25) is 0 Å². The summed E-state index contributed by atoms with van der Waals surface area (Å²) in [5.74, 6) is -0.575. The van der Waals surface area contributed by atoms with Crippen molar-refractivity contribution in [2.24, 2.45) is 0 Å². The fraction of sp³-hybridized carbons (Fsp3) is 0.278. The quantitative estimate of drug-likeness (QED) is 0.639. The van der Waals surface area contributed by atoms with Crippen molar-refractivity contribution >= 4 is 27.5 Å². The molecule has 1 N–H and O–H groups in total. The molecule has 142 valence electrons. The van der Waals surface area contributed by atoms with Gasteiger partial charge in [-0.1, -0.05) is 37.3 Å². The first kappa shape index (κ1) is 19.3. The molecule has 1 aromatic carbocycles. The number of hydrogen-bond donors (Lipinski definition) is 1. The first-order valence-electron chi connectivity index (χ1n) is 8.21. The molecule has 0 aliphatic heterocycles. The van der Waals surface area contributed by atoms with E-state index in [1.165, 1.54) is 6.92 Å². The summed E-state index contributed by atoms with van der Waals surface area (Å²) in [6, 6.07) is 9.93. The van der Waals surface area contributed by atoms with Crippen LogP contribution in [-0.2, 0) is 6.18 Å². The Morgan fingerprint density at radius 1 is 1.30 bits per heavy atom. The van der Waals surface area contributed by atoms with Crippen molar-refractivity contribution in [2.45, 2.75) is 32.5 Å². The molecule has 3 rings (SSSR count). The number of amides is 1. The van der Waals surface area contributed by atoms with E-state index < -0.39 is 17.8 Å². The van der Waals surface area contributed by atoms with Gasteiger partial charge in [0, 0.05) is 5.69 Å². The zero-order chi connectivity index (χ0) is 19.8. The first-order chi connectivity index (χ1) is 12.7. The number of alkyl halides is 3. The molecule has 27 heavy (non-hydrogen) atoms. The summed E-state index contributed by atoms with van der Waals surface area (Å²) >= 11 is 3.18. The highest BCUT2D eigenvalue weighted by atomic mass is 79.9. The molecule has 1 unspecified atom stereocenters. The van der Waals surface area contributed by atoms with Crippen molar-refractivity contribution in [3.8, 4) is 0 Å². The second kappa shape index (κ2) is 7.30. The molecule has 1 amide bonds. The van der Waals surface area contributed by atoms with Crippen LogP contribution in [0.5, 0.6) is 0 Å². The molecule has 0 saturated heterocycles. The number of benzene rings is 1. The summed E-state index contributed by atoms with van der Waals surface area (Å²) in [5, 5.41) is 6.70. The molecule has 0 aliphatic carbocycles. The molecule has 0 fully saturated rings. The van der Waals surface area contributed by atoms with E-state index in [0.717, 1.165) is 11.6 Å². The topological polar surface area (TPSA) is 59.3 Å². The minimum atomic E-state index is -4.62. The van der Waals surface area contributed by atoms with Gasteiger partial charge in [0.05, 0.1) is 10.5 Å². The summed E-state index contributed by atoms with van der Waals surface area (Å²) in [5.41, 5.74) is -0.107. The average molecular weight is 441 g/mol. The van der Waals surface area contributed by atoms with E-state index in [-0.39, 0.29) is 27.5 Å². The van der Waals surface area contributed by atoms with Crippen molar-refractivity contribution in [1.29, 1.82) is 0 Å². The van der Waals surface area contributed by atoms with E-state index in [2.05, 4.69) is 31.3 Å². The molecule has 3 aromatic rings. The van der Waals surface area contributed by atoms with Gasteiger partial charge < -0.3 is 5.32 Å². The molecule has 0 saturated carbocycles. The molecular weight excluding hydrogens is 425 g/mol. The maximum atomic E-state index is 13.3. The van der Waals surface area contributed by atoms with Crippen molar-refractivity contribution in [3.05, 3.63) is 63.5 Å². The zero-order valence-electron chi connectivity index (χ0n) is 14.5. The Morgan fingerprint density at radius 3 is 2.56 bits per heavy atom. The number of aryl methyl sites for hydroxylation is 1. The van der Waals surface area contributed by atoms with Gasteiger partial charge >= 0.3 is 6.18 Å². The summed E-state index contributed by atoms with van der Waals surface area (Å²) < 4.78 is 40.7. The largest absolute Gasteiger partial charge is 0.433 e. The zero-order valence-corrected chi connectivity index (χ0v) is 16.1. The van der Waals surface area contributed by atoms with Crippen molar-refractivity contribution < 1.29 is 18.0 Å². The highest BCUT2D eigenvalue weighted by molar-refractivity contribution is 9.10. The van der Waals surface area contributed by atoms with Crippen LogP contribution < -0.4 is 5.32 Å². The summed E-state index contributed by atoms with van der Waals surface area (Å²) in [6.45, 7) is 3.36. The highest BCUT2D eigenvalue weighted by Crippen LogP contribution is 2.32. The summed E-state index contributed by atoms with van der Waals surface area (Å²) in [7, 11) is 0. The summed E-state index contributed by atoms with van der Waals surface area (Å²) in [4.78, 5) is 16.8. The van der Waals surface area contributed by atoms with Crippen molar-refractivity contribution in [1.82, 2.24) is 19.9 Å². The number of rotatable bonds is 4. The van der Waals surface area contributed by atoms with Gasteiger partial charge in [0.1, 0.15) is 5.69 Å². The number of nitrogens with zero attached hydrogens (tertiary/aromatic N) is 3. The molecule has 0 aliphatic rings. The Kier molecular flexibility index (Phi) is 5.23. The SMILES string of the molecule is CCC(NC(=O)c1nn2c(C(F)(F)F)cc(C)nc2c1Br)c1ccccc1. The third-order valence-electron chi connectivity index (χ3n) is 4.08. The van der Waals surface area contributed by atoms with E-state index in [4.69, 9.17) is 0 Å². The van der Waals surface area contributed by atoms with Gasteiger partial charge in [0.15, 0.2) is 11.3 Å². The number of hydrogen-bond acceptors (Lipinski definition) is 3. The summed E-state index contributed by atoms with van der Waals surface area (Å²) in [6.07, 6.45) is -4.01. The highest BCUT2D eigenvalue weighted by Gasteiger charge is 2.36. The monoisotopic (exact) mass is 440 g/mol. The molecule has 0 bridgehead atoms. The minimum absolute atomic E-state index is 0.0553. The molecule has 2 heterocycles. The van der Waals surface area contributed by atoms with Crippen LogP contribution in [0.25, 0.3) is 5.65 Å². The Bertz CT molecular complexity index is 986. The minimum Gasteiger partial charge on any atom is -0.344 e. The average Bonchev–Trinajstić information content (AvgIpc) is 2.95. The standard InChI is InChI=1S/C18H16BrF3N4O/c1-3-12(11-7-5-4-6-8-11)24-17(27)15-14(19)16-23-10(2)9-13(18(20,21)22)26(16)25-15/h4-9,12H,3H2,1-2H3,(H,24,27). The smallest absolute Gasteiger partial charge is 0.344 e. The van der Waals surface area contributed by atoms with Crippen LogP contribution in [-0.4, -0.2) is 20.5 Å². The van der Waals surface area contributed by atoms with Gasteiger partial charge in [-0.15, -0.1) is 0 Å². The molecule has 0 spiro atoms. The van der Waals surface area contributed by atoms with Crippen LogP contribution in [0.15, 0.2) is 40.9 Å². The van der Waals surface area contributed by atoms with Gasteiger partial charge in [0.25, 0.3) is 5.91 Å². The lowest BCUT2D eigenvalue weighted by atomic mass is 10.0. The maximum Gasteiger partial charge on any atom is 0.433 e. The molecule has 9 heteroatoms. The molecule has 5 nitrogen and oxygen atoms in total. The second-order valence-electron chi connectivity index (χ2n) is 6.02. The predicted molar refractivity (Wildman–Crippen MR) is 97.4 cm³/mol. The lowest BCUT2D eigenvalue weighted by molar-refractivity contribution is -0.142. The van der Waals surface area contributed by atoms with E-state index in [1.807, 2.05) is 37.3 Å². The van der Waals surface area contributed by atoms with Crippen LogP contribution in [0.3, 0.4) is 0 Å². The number of carbonyl (C=O) groups is 1. The Morgan fingerprint density at radius 2 is 1.96 bits per heavy atom. The molecule has 1 atom stereocenters. The van der Waals surface area contributed by atoms with Gasteiger partial charge in [-0.25, -0.2) is 9.50 Å². The normalized spacial score (nSPS) is 13.0. The van der Waals surface area contributed by atoms with Gasteiger partial charge in [-0.05, 0) is 40.9 Å². The van der Waals surface area contributed by atoms with Gasteiger partial charge in [0.2, 0.25) is 0 Å². The number of halogens is 4. The Hall–Kier alpha value is -2.42. The fourth-order valence-electron chi connectivity index (χ4n) is 2.79. The van der Waals surface area contributed by atoms with Gasteiger partial charge in [-0.3, -0.25) is 4.79 Å².